The predicted octanol–water partition coefficient (Wildman–Crippen LogP) is 1.20. The summed E-state index contributed by atoms with van der Waals surface area (Å²) in [5.41, 5.74) is -0.00174. The van der Waals surface area contributed by atoms with Crippen molar-refractivity contribution in [3.8, 4) is 0 Å². The highest BCUT2D eigenvalue weighted by atomic mass is 16.4. The molecule has 2 fully saturated rings. The summed E-state index contributed by atoms with van der Waals surface area (Å²) in [6.07, 6.45) is 3.04. The Morgan fingerprint density at radius 2 is 2.15 bits per heavy atom. The van der Waals surface area contributed by atoms with E-state index in [-0.39, 0.29) is 17.2 Å². The zero-order valence-corrected chi connectivity index (χ0v) is 11.0. The molecular weight excluding hydrogens is 260 g/mol. The summed E-state index contributed by atoms with van der Waals surface area (Å²) in [5, 5.41) is 19.2. The van der Waals surface area contributed by atoms with Crippen LogP contribution in [0, 0.1) is 11.3 Å². The summed E-state index contributed by atoms with van der Waals surface area (Å²) in [5.74, 6) is 0.400. The van der Waals surface area contributed by atoms with Crippen LogP contribution in [0.25, 0.3) is 0 Å². The zero-order chi connectivity index (χ0) is 14.2. The van der Waals surface area contributed by atoms with Crippen molar-refractivity contribution in [2.75, 3.05) is 18.4 Å². The second-order valence-corrected chi connectivity index (χ2v) is 5.49. The first-order valence-electron chi connectivity index (χ1n) is 6.67. The SMILES string of the molecule is O=C(Nc1cccnn1)C1CC12CCN(C(=O)O)CC2. The first-order valence-corrected chi connectivity index (χ1v) is 6.67. The molecule has 106 valence electrons. The summed E-state index contributed by atoms with van der Waals surface area (Å²) >= 11 is 0. The highest BCUT2D eigenvalue weighted by Crippen LogP contribution is 2.59. The lowest BCUT2D eigenvalue weighted by molar-refractivity contribution is -0.118. The Hall–Kier alpha value is -2.18. The van der Waals surface area contributed by atoms with Crippen molar-refractivity contribution in [2.45, 2.75) is 19.3 Å². The van der Waals surface area contributed by atoms with Crippen molar-refractivity contribution < 1.29 is 14.7 Å². The third kappa shape index (κ3) is 2.31. The molecule has 20 heavy (non-hydrogen) atoms. The van der Waals surface area contributed by atoms with Crippen molar-refractivity contribution in [1.29, 1.82) is 0 Å². The van der Waals surface area contributed by atoms with Crippen LogP contribution in [-0.4, -0.2) is 45.3 Å². The Morgan fingerprint density at radius 3 is 2.75 bits per heavy atom. The molecule has 7 nitrogen and oxygen atoms in total. The average molecular weight is 276 g/mol. The van der Waals surface area contributed by atoms with Crippen LogP contribution in [0.15, 0.2) is 18.3 Å². The van der Waals surface area contributed by atoms with Crippen LogP contribution in [0.3, 0.4) is 0 Å². The lowest BCUT2D eigenvalue weighted by Gasteiger charge is -2.30. The molecule has 2 heterocycles. The second kappa shape index (κ2) is 4.73. The van der Waals surface area contributed by atoms with Gasteiger partial charge in [0.2, 0.25) is 5.91 Å². The van der Waals surface area contributed by atoms with Gasteiger partial charge in [0.1, 0.15) is 0 Å². The molecule has 1 unspecified atom stereocenters. The van der Waals surface area contributed by atoms with E-state index < -0.39 is 6.09 Å². The first-order chi connectivity index (χ1) is 9.61. The lowest BCUT2D eigenvalue weighted by atomic mass is 9.91. The molecule has 1 aliphatic heterocycles. The van der Waals surface area contributed by atoms with E-state index in [1.165, 1.54) is 4.90 Å². The molecule has 0 radical (unpaired) electrons. The molecular formula is C13H16N4O3. The number of likely N-dealkylation sites (tertiary alicyclic amines) is 1. The minimum atomic E-state index is -0.874. The molecule has 1 saturated carbocycles. The summed E-state index contributed by atoms with van der Waals surface area (Å²) < 4.78 is 0. The fourth-order valence-corrected chi connectivity index (χ4v) is 3.00. The second-order valence-electron chi connectivity index (χ2n) is 5.49. The monoisotopic (exact) mass is 276 g/mol. The van der Waals surface area contributed by atoms with Crippen molar-refractivity contribution in [2.24, 2.45) is 11.3 Å². The van der Waals surface area contributed by atoms with E-state index in [0.717, 1.165) is 19.3 Å². The highest BCUT2D eigenvalue weighted by molar-refractivity contribution is 5.94. The third-order valence-corrected chi connectivity index (χ3v) is 4.36. The Balaban J connectivity index is 1.56. The molecule has 0 bridgehead atoms. The molecule has 1 aromatic rings. The van der Waals surface area contributed by atoms with Crippen LogP contribution in [0.2, 0.25) is 0 Å². The van der Waals surface area contributed by atoms with Crippen LogP contribution < -0.4 is 5.32 Å². The molecule has 1 saturated heterocycles. The van der Waals surface area contributed by atoms with E-state index >= 15 is 0 Å². The van der Waals surface area contributed by atoms with E-state index in [1.807, 2.05) is 0 Å². The maximum Gasteiger partial charge on any atom is 0.407 e. The number of hydrogen-bond donors (Lipinski definition) is 2. The number of amides is 2. The number of nitrogens with zero attached hydrogens (tertiary/aromatic N) is 3. The molecule has 0 aromatic carbocycles. The Labute approximate surface area is 116 Å². The number of carboxylic acid groups (broad SMARTS) is 1. The number of piperidine rings is 1. The minimum Gasteiger partial charge on any atom is -0.465 e. The average Bonchev–Trinajstić information content (AvgIpc) is 3.14. The van der Waals surface area contributed by atoms with Crippen LogP contribution in [-0.2, 0) is 4.79 Å². The van der Waals surface area contributed by atoms with Gasteiger partial charge in [-0.3, -0.25) is 4.79 Å². The summed E-state index contributed by atoms with van der Waals surface area (Å²) in [6.45, 7) is 1.04. The molecule has 1 atom stereocenters. The van der Waals surface area contributed by atoms with E-state index in [0.29, 0.717) is 18.9 Å². The Kier molecular flexibility index (Phi) is 3.04. The number of rotatable bonds is 2. The van der Waals surface area contributed by atoms with E-state index in [4.69, 9.17) is 5.11 Å². The summed E-state index contributed by atoms with van der Waals surface area (Å²) in [6, 6.07) is 3.42. The van der Waals surface area contributed by atoms with Gasteiger partial charge in [0, 0.05) is 25.2 Å². The van der Waals surface area contributed by atoms with Gasteiger partial charge in [-0.05, 0) is 36.8 Å². The quantitative estimate of drug-likeness (QED) is 0.846. The maximum absolute atomic E-state index is 12.2. The van der Waals surface area contributed by atoms with E-state index in [9.17, 15) is 9.59 Å². The fraction of sp³-hybridized carbons (Fsp3) is 0.538. The van der Waals surface area contributed by atoms with Gasteiger partial charge in [0.05, 0.1) is 0 Å². The van der Waals surface area contributed by atoms with E-state index in [1.54, 1.807) is 18.3 Å². The van der Waals surface area contributed by atoms with Gasteiger partial charge >= 0.3 is 6.09 Å². The standard InChI is InChI=1S/C13H16N4O3/c18-11(15-10-2-1-5-14-16-10)9-8-13(9)3-6-17(7-4-13)12(19)20/h1-2,5,9H,3-4,6-8H2,(H,19,20)(H,15,16,18). The maximum atomic E-state index is 12.2. The molecule has 2 aliphatic rings. The van der Waals surface area contributed by atoms with Crippen LogP contribution in [0.5, 0.6) is 0 Å². The molecule has 1 aromatic heterocycles. The minimum absolute atomic E-state index is 0.00174. The topological polar surface area (TPSA) is 95.4 Å². The van der Waals surface area contributed by atoms with Gasteiger partial charge in [0.15, 0.2) is 5.82 Å². The number of carbonyl (C=O) groups excluding carboxylic acids is 1. The number of anilines is 1. The largest absolute Gasteiger partial charge is 0.465 e. The van der Waals surface area contributed by atoms with Crippen LogP contribution >= 0.6 is 0 Å². The number of carbonyl (C=O) groups is 2. The van der Waals surface area contributed by atoms with Gasteiger partial charge in [-0.1, -0.05) is 0 Å². The van der Waals surface area contributed by atoms with Crippen molar-refractivity contribution >= 4 is 17.8 Å². The van der Waals surface area contributed by atoms with E-state index in [2.05, 4.69) is 15.5 Å². The Bertz CT molecular complexity index is 526. The molecule has 3 rings (SSSR count). The third-order valence-electron chi connectivity index (χ3n) is 4.36. The smallest absolute Gasteiger partial charge is 0.407 e. The number of nitrogens with one attached hydrogen (secondary N) is 1. The molecule has 2 N–H and O–H groups in total. The molecule has 1 aliphatic carbocycles. The van der Waals surface area contributed by atoms with Crippen molar-refractivity contribution in [3.05, 3.63) is 18.3 Å². The molecule has 7 heteroatoms. The molecule has 1 spiro atoms. The predicted molar refractivity (Wildman–Crippen MR) is 70.0 cm³/mol. The number of aromatic nitrogens is 2. The molecule has 2 amide bonds. The normalized spacial score (nSPS) is 23.4. The first kappa shape index (κ1) is 12.8. The van der Waals surface area contributed by atoms with Gasteiger partial charge in [-0.2, -0.15) is 5.10 Å². The van der Waals surface area contributed by atoms with Crippen LogP contribution in [0.4, 0.5) is 10.6 Å². The van der Waals surface area contributed by atoms with Gasteiger partial charge < -0.3 is 15.3 Å². The summed E-state index contributed by atoms with van der Waals surface area (Å²) in [7, 11) is 0. The Morgan fingerprint density at radius 1 is 1.40 bits per heavy atom. The van der Waals surface area contributed by atoms with Crippen LogP contribution in [0.1, 0.15) is 19.3 Å². The highest BCUT2D eigenvalue weighted by Gasteiger charge is 2.58. The van der Waals surface area contributed by atoms with Gasteiger partial charge in [-0.25, -0.2) is 4.79 Å². The lowest BCUT2D eigenvalue weighted by Crippen LogP contribution is -2.39. The fourth-order valence-electron chi connectivity index (χ4n) is 3.00. The van der Waals surface area contributed by atoms with Crippen molar-refractivity contribution in [1.82, 2.24) is 15.1 Å². The number of hydrogen-bond acceptors (Lipinski definition) is 4. The summed E-state index contributed by atoms with van der Waals surface area (Å²) in [4.78, 5) is 24.4. The van der Waals surface area contributed by atoms with Crippen molar-refractivity contribution in [3.63, 3.8) is 0 Å². The van der Waals surface area contributed by atoms with Gasteiger partial charge in [-0.15, -0.1) is 5.10 Å². The zero-order valence-electron chi connectivity index (χ0n) is 11.0. The van der Waals surface area contributed by atoms with Gasteiger partial charge in [0.25, 0.3) is 0 Å².